The second-order valence-electron chi connectivity index (χ2n) is 6.40. The van der Waals surface area contributed by atoms with Gasteiger partial charge in [0.1, 0.15) is 11.4 Å². The van der Waals surface area contributed by atoms with Crippen LogP contribution in [0.4, 0.5) is 5.82 Å². The number of nitrogens with zero attached hydrogens (tertiary/aromatic N) is 2. The molecule has 126 valence electrons. The maximum Gasteiger partial charge on any atom is 0.287 e. The van der Waals surface area contributed by atoms with Crippen molar-refractivity contribution in [3.05, 3.63) is 40.6 Å². The molecule has 24 heavy (non-hydrogen) atoms. The molecular weight excluding hydrogens is 330 g/mol. The van der Waals surface area contributed by atoms with Gasteiger partial charge in [0.05, 0.1) is 0 Å². The summed E-state index contributed by atoms with van der Waals surface area (Å²) >= 11 is 6.26. The van der Waals surface area contributed by atoms with Crippen molar-refractivity contribution < 1.29 is 14.1 Å². The highest BCUT2D eigenvalue weighted by Crippen LogP contribution is 2.42. The van der Waals surface area contributed by atoms with E-state index in [9.17, 15) is 4.79 Å². The Bertz CT molecular complexity index is 781. The number of amides is 1. The van der Waals surface area contributed by atoms with Gasteiger partial charge in [-0.25, -0.2) is 0 Å². The number of halogens is 1. The Labute approximate surface area is 144 Å². The van der Waals surface area contributed by atoms with E-state index in [0.29, 0.717) is 5.82 Å². The Morgan fingerprint density at radius 2 is 2.08 bits per heavy atom. The van der Waals surface area contributed by atoms with E-state index in [2.05, 4.69) is 10.1 Å². The summed E-state index contributed by atoms with van der Waals surface area (Å²) < 4.78 is 11.3. The summed E-state index contributed by atoms with van der Waals surface area (Å²) in [4.78, 5) is 13.2. The van der Waals surface area contributed by atoms with E-state index in [1.807, 2.05) is 18.2 Å². The van der Waals surface area contributed by atoms with E-state index < -0.39 is 5.91 Å². The second-order valence-corrected chi connectivity index (χ2v) is 6.81. The predicted molar refractivity (Wildman–Crippen MR) is 89.6 cm³/mol. The fraction of sp³-hybridized carbons (Fsp3) is 0.412. The van der Waals surface area contributed by atoms with Crippen LogP contribution in [0.25, 0.3) is 0 Å². The topological polar surface area (TPSA) is 81.6 Å². The lowest BCUT2D eigenvalue weighted by Crippen LogP contribution is -2.50. The fourth-order valence-electron chi connectivity index (χ4n) is 3.54. The lowest BCUT2D eigenvalue weighted by atomic mass is 9.83. The number of carbonyl (C=O) groups excluding carboxylic acids is 1. The van der Waals surface area contributed by atoms with Crippen LogP contribution in [-0.4, -0.2) is 29.8 Å². The first-order chi connectivity index (χ1) is 11.6. The number of hydrogen-bond acceptors (Lipinski definition) is 5. The molecule has 7 heteroatoms. The minimum atomic E-state index is -0.605. The van der Waals surface area contributed by atoms with E-state index in [1.54, 1.807) is 6.07 Å². The van der Waals surface area contributed by atoms with Crippen molar-refractivity contribution in [2.45, 2.75) is 31.3 Å². The van der Waals surface area contributed by atoms with E-state index in [4.69, 9.17) is 26.6 Å². The van der Waals surface area contributed by atoms with E-state index in [-0.39, 0.29) is 11.4 Å². The van der Waals surface area contributed by atoms with Crippen LogP contribution in [0.1, 0.15) is 35.4 Å². The summed E-state index contributed by atoms with van der Waals surface area (Å²) in [5.74, 6) is 1.03. The average molecular weight is 348 g/mol. The van der Waals surface area contributed by atoms with Crippen molar-refractivity contribution in [2.75, 3.05) is 18.0 Å². The number of rotatable bonds is 2. The highest BCUT2D eigenvalue weighted by atomic mass is 35.5. The Morgan fingerprint density at radius 3 is 2.79 bits per heavy atom. The summed E-state index contributed by atoms with van der Waals surface area (Å²) in [5, 5.41) is 4.71. The van der Waals surface area contributed by atoms with Gasteiger partial charge in [-0.3, -0.25) is 4.79 Å². The summed E-state index contributed by atoms with van der Waals surface area (Å²) in [6, 6.07) is 7.42. The van der Waals surface area contributed by atoms with E-state index in [0.717, 1.165) is 55.1 Å². The summed E-state index contributed by atoms with van der Waals surface area (Å²) in [7, 11) is 0. The number of hydrogen-bond donors (Lipinski definition) is 1. The zero-order valence-electron chi connectivity index (χ0n) is 13.1. The minimum Gasteiger partial charge on any atom is -0.487 e. The molecule has 2 aliphatic rings. The van der Waals surface area contributed by atoms with Crippen LogP contribution in [0, 0.1) is 0 Å². The number of ether oxygens (including phenoxy) is 1. The minimum absolute atomic E-state index is 0.0859. The van der Waals surface area contributed by atoms with Gasteiger partial charge in [0.2, 0.25) is 5.76 Å². The molecule has 0 unspecified atom stereocenters. The Morgan fingerprint density at radius 1 is 1.29 bits per heavy atom. The molecule has 0 aliphatic carbocycles. The number of primary amides is 1. The molecule has 1 spiro atoms. The van der Waals surface area contributed by atoms with Crippen molar-refractivity contribution in [1.29, 1.82) is 0 Å². The molecule has 4 rings (SSSR count). The van der Waals surface area contributed by atoms with Gasteiger partial charge < -0.3 is 19.9 Å². The van der Waals surface area contributed by atoms with Gasteiger partial charge >= 0.3 is 0 Å². The predicted octanol–water partition coefficient (Wildman–Crippen LogP) is 2.79. The normalized spacial score (nSPS) is 19.0. The van der Waals surface area contributed by atoms with Crippen molar-refractivity contribution in [3.63, 3.8) is 0 Å². The average Bonchev–Trinajstić information content (AvgIpc) is 3.06. The maximum atomic E-state index is 11.1. The van der Waals surface area contributed by atoms with Gasteiger partial charge in [0, 0.05) is 42.6 Å². The molecular formula is C17H18ClN3O3. The Balaban J connectivity index is 1.47. The van der Waals surface area contributed by atoms with E-state index in [1.165, 1.54) is 0 Å². The number of benzene rings is 1. The van der Waals surface area contributed by atoms with Crippen LogP contribution in [0.15, 0.2) is 28.8 Å². The zero-order valence-corrected chi connectivity index (χ0v) is 13.9. The molecule has 3 heterocycles. The first-order valence-electron chi connectivity index (χ1n) is 8.04. The molecule has 1 aromatic heterocycles. The monoisotopic (exact) mass is 347 g/mol. The molecule has 1 aromatic carbocycles. The van der Waals surface area contributed by atoms with Gasteiger partial charge in [-0.2, -0.15) is 0 Å². The molecule has 6 nitrogen and oxygen atoms in total. The van der Waals surface area contributed by atoms with Crippen LogP contribution < -0.4 is 15.4 Å². The van der Waals surface area contributed by atoms with Crippen LogP contribution >= 0.6 is 11.6 Å². The van der Waals surface area contributed by atoms with Gasteiger partial charge in [-0.1, -0.05) is 22.8 Å². The third-order valence-corrected chi connectivity index (χ3v) is 5.33. The molecule has 2 N–H and O–H groups in total. The molecule has 0 saturated carbocycles. The molecule has 1 fully saturated rings. The Hall–Kier alpha value is -2.21. The number of anilines is 1. The summed E-state index contributed by atoms with van der Waals surface area (Å²) in [6.45, 7) is 1.58. The van der Waals surface area contributed by atoms with Gasteiger partial charge in [-0.15, -0.1) is 0 Å². The number of piperidine rings is 1. The summed E-state index contributed by atoms with van der Waals surface area (Å²) in [6.07, 6.45) is 3.67. The van der Waals surface area contributed by atoms with E-state index >= 15 is 0 Å². The van der Waals surface area contributed by atoms with Crippen molar-refractivity contribution in [2.24, 2.45) is 5.73 Å². The number of fused-ring (bicyclic) bond motifs is 1. The number of carbonyl (C=O) groups is 1. The largest absolute Gasteiger partial charge is 0.487 e. The zero-order chi connectivity index (χ0) is 16.7. The lowest BCUT2D eigenvalue weighted by Gasteiger charge is -2.44. The third-order valence-electron chi connectivity index (χ3n) is 4.97. The molecule has 1 saturated heterocycles. The lowest BCUT2D eigenvalue weighted by molar-refractivity contribution is 0.0224. The highest BCUT2D eigenvalue weighted by Gasteiger charge is 2.40. The third kappa shape index (κ3) is 2.60. The van der Waals surface area contributed by atoms with Crippen LogP contribution in [0.3, 0.4) is 0 Å². The maximum absolute atomic E-state index is 11.1. The fourth-order valence-corrected chi connectivity index (χ4v) is 3.80. The standard InChI is InChI=1S/C17H18ClN3O3/c18-12-2-1-3-13-11(12)4-5-17(23-13)6-8-21(9-7-17)15-10-14(16(19)22)24-20-15/h1-3,10H,4-9H2,(H2,19,22). The molecule has 2 aromatic rings. The van der Waals surface area contributed by atoms with Crippen LogP contribution in [0.5, 0.6) is 5.75 Å². The summed E-state index contributed by atoms with van der Waals surface area (Å²) in [5.41, 5.74) is 6.16. The first-order valence-corrected chi connectivity index (χ1v) is 8.42. The molecule has 0 bridgehead atoms. The van der Waals surface area contributed by atoms with Gasteiger partial charge in [0.15, 0.2) is 5.82 Å². The smallest absolute Gasteiger partial charge is 0.287 e. The van der Waals surface area contributed by atoms with Gasteiger partial charge in [0.25, 0.3) is 5.91 Å². The van der Waals surface area contributed by atoms with Crippen LogP contribution in [0.2, 0.25) is 5.02 Å². The van der Waals surface area contributed by atoms with Crippen LogP contribution in [-0.2, 0) is 6.42 Å². The second kappa shape index (κ2) is 5.70. The molecule has 0 atom stereocenters. The van der Waals surface area contributed by atoms with Crippen molar-refractivity contribution in [1.82, 2.24) is 5.16 Å². The number of aromatic nitrogens is 1. The number of nitrogens with two attached hydrogens (primary N) is 1. The quantitative estimate of drug-likeness (QED) is 0.903. The SMILES string of the molecule is NC(=O)c1cc(N2CCC3(CCc4c(Cl)cccc4O3)CC2)no1. The van der Waals surface area contributed by atoms with Crippen molar-refractivity contribution in [3.8, 4) is 5.75 Å². The molecule has 2 aliphatic heterocycles. The highest BCUT2D eigenvalue weighted by molar-refractivity contribution is 6.31. The molecule has 0 radical (unpaired) electrons. The Kier molecular flexibility index (Phi) is 3.64. The molecule has 1 amide bonds. The van der Waals surface area contributed by atoms with Crippen molar-refractivity contribution >= 4 is 23.3 Å². The first kappa shape index (κ1) is 15.3. The van der Waals surface area contributed by atoms with Gasteiger partial charge in [-0.05, 0) is 25.0 Å².